The van der Waals surface area contributed by atoms with Gasteiger partial charge in [0.05, 0.1) is 0 Å². The second kappa shape index (κ2) is 3.90. The first kappa shape index (κ1) is 8.97. The number of nitrogens with one attached hydrogen (secondary N) is 1. The lowest BCUT2D eigenvalue weighted by Crippen LogP contribution is -2.27. The highest BCUT2D eigenvalue weighted by atomic mass is 16.7. The van der Waals surface area contributed by atoms with Crippen LogP contribution in [0.25, 0.3) is 0 Å². The number of allylic oxidation sites excluding steroid dienone is 1. The summed E-state index contributed by atoms with van der Waals surface area (Å²) in [4.78, 5) is 14.3. The van der Waals surface area contributed by atoms with E-state index in [0.717, 1.165) is 0 Å². The Hall–Kier alpha value is -1.03. The van der Waals surface area contributed by atoms with E-state index in [1.165, 1.54) is 0 Å². The van der Waals surface area contributed by atoms with Crippen LogP contribution in [0.5, 0.6) is 0 Å². The third kappa shape index (κ3) is 3.09. The van der Waals surface area contributed by atoms with Crippen LogP contribution in [0.2, 0.25) is 0 Å². The molecule has 0 fully saturated rings. The van der Waals surface area contributed by atoms with Crippen molar-refractivity contribution in [1.29, 1.82) is 0 Å². The van der Waals surface area contributed by atoms with Gasteiger partial charge in [0.1, 0.15) is 0 Å². The molecule has 0 bridgehead atoms. The van der Waals surface area contributed by atoms with Gasteiger partial charge in [0.15, 0.2) is 0 Å². The van der Waals surface area contributed by atoms with Crippen LogP contribution in [0.15, 0.2) is 12.3 Å². The summed E-state index contributed by atoms with van der Waals surface area (Å²) >= 11 is 0. The fourth-order valence-corrected chi connectivity index (χ4v) is 0.305. The Bertz CT molecular complexity index is 143. The number of rotatable bonds is 2. The lowest BCUT2D eigenvalue weighted by Gasteiger charge is -2.08. The van der Waals surface area contributed by atoms with Crippen molar-refractivity contribution in [3.63, 3.8) is 0 Å². The Morgan fingerprint density at radius 1 is 1.70 bits per heavy atom. The number of carbonyl (C=O) groups is 1. The second-order valence-electron chi connectivity index (χ2n) is 2.21. The Morgan fingerprint density at radius 3 is 2.50 bits per heavy atom. The van der Waals surface area contributed by atoms with Gasteiger partial charge in [-0.15, -0.1) is 0 Å². The van der Waals surface area contributed by atoms with E-state index in [0.29, 0.717) is 5.70 Å². The van der Waals surface area contributed by atoms with Gasteiger partial charge >= 0.3 is 6.09 Å². The molecule has 1 amide bonds. The van der Waals surface area contributed by atoms with E-state index < -0.39 is 6.09 Å². The van der Waals surface area contributed by atoms with Gasteiger partial charge in [-0.2, -0.15) is 5.90 Å². The van der Waals surface area contributed by atoms with Crippen molar-refractivity contribution in [1.82, 2.24) is 5.32 Å². The van der Waals surface area contributed by atoms with Crippen LogP contribution in [0.3, 0.4) is 0 Å². The highest BCUT2D eigenvalue weighted by Gasteiger charge is 2.04. The van der Waals surface area contributed by atoms with Crippen molar-refractivity contribution in [2.75, 3.05) is 0 Å². The summed E-state index contributed by atoms with van der Waals surface area (Å²) < 4.78 is 0. The Balaban J connectivity index is 3.69. The third-order valence-corrected chi connectivity index (χ3v) is 1.07. The fourth-order valence-electron chi connectivity index (χ4n) is 0.305. The summed E-state index contributed by atoms with van der Waals surface area (Å²) in [7, 11) is 0. The van der Waals surface area contributed by atoms with Gasteiger partial charge in [-0.3, -0.25) is 5.32 Å². The maximum absolute atomic E-state index is 10.4. The normalized spacial score (nSPS) is 9.20. The summed E-state index contributed by atoms with van der Waals surface area (Å²) in [5.74, 6) is 4.76. The summed E-state index contributed by atoms with van der Waals surface area (Å²) in [6.45, 7) is 7.38. The minimum Gasteiger partial charge on any atom is -0.357 e. The highest BCUT2D eigenvalue weighted by Crippen LogP contribution is 2.01. The summed E-state index contributed by atoms with van der Waals surface area (Å²) in [5, 5.41) is 2.35. The van der Waals surface area contributed by atoms with Crippen molar-refractivity contribution in [3.05, 3.63) is 12.3 Å². The van der Waals surface area contributed by atoms with Crippen LogP contribution in [0.4, 0.5) is 4.79 Å². The van der Waals surface area contributed by atoms with Crippen molar-refractivity contribution >= 4 is 6.09 Å². The summed E-state index contributed by atoms with van der Waals surface area (Å²) in [6, 6.07) is 0. The van der Waals surface area contributed by atoms with Crippen LogP contribution in [0.1, 0.15) is 13.8 Å². The standard InChI is InChI=1S/C6H12N2O2/c1-4(2)5(3)8-6(9)10-7/h4H,3,7H2,1-2H3,(H,8,9). The lowest BCUT2D eigenvalue weighted by molar-refractivity contribution is 0.150. The van der Waals surface area contributed by atoms with Gasteiger partial charge in [-0.1, -0.05) is 20.4 Å². The first-order chi connectivity index (χ1) is 4.57. The SMILES string of the molecule is C=C(NC(=O)ON)C(C)C. The maximum Gasteiger partial charge on any atom is 0.430 e. The second-order valence-corrected chi connectivity index (χ2v) is 2.21. The van der Waals surface area contributed by atoms with Gasteiger partial charge in [0.2, 0.25) is 0 Å². The molecule has 0 aliphatic rings. The molecule has 10 heavy (non-hydrogen) atoms. The molecule has 4 nitrogen and oxygen atoms in total. The van der Waals surface area contributed by atoms with Crippen LogP contribution in [0, 0.1) is 5.92 Å². The van der Waals surface area contributed by atoms with Gasteiger partial charge in [-0.05, 0) is 5.92 Å². The van der Waals surface area contributed by atoms with E-state index in [9.17, 15) is 4.79 Å². The molecular weight excluding hydrogens is 132 g/mol. The Morgan fingerprint density at radius 2 is 2.20 bits per heavy atom. The molecular formula is C6H12N2O2. The molecule has 0 aromatic heterocycles. The minimum absolute atomic E-state index is 0.194. The van der Waals surface area contributed by atoms with Crippen molar-refractivity contribution in [2.24, 2.45) is 11.8 Å². The van der Waals surface area contributed by atoms with Gasteiger partial charge in [0.25, 0.3) is 0 Å². The summed E-state index contributed by atoms with van der Waals surface area (Å²) in [5.41, 5.74) is 0.593. The summed E-state index contributed by atoms with van der Waals surface area (Å²) in [6.07, 6.45) is -0.682. The van der Waals surface area contributed by atoms with E-state index in [1.54, 1.807) is 0 Å². The quantitative estimate of drug-likeness (QED) is 0.562. The average molecular weight is 144 g/mol. The first-order valence-corrected chi connectivity index (χ1v) is 2.94. The average Bonchev–Trinajstić information content (AvgIpc) is 1.87. The smallest absolute Gasteiger partial charge is 0.357 e. The van der Waals surface area contributed by atoms with E-state index in [4.69, 9.17) is 0 Å². The predicted molar refractivity (Wildman–Crippen MR) is 37.8 cm³/mol. The lowest BCUT2D eigenvalue weighted by atomic mass is 10.2. The van der Waals surface area contributed by atoms with Crippen molar-refractivity contribution in [3.8, 4) is 0 Å². The first-order valence-electron chi connectivity index (χ1n) is 2.94. The third-order valence-electron chi connectivity index (χ3n) is 1.07. The van der Waals surface area contributed by atoms with E-state index in [2.05, 4.69) is 22.6 Å². The number of hydrogen-bond acceptors (Lipinski definition) is 3. The van der Waals surface area contributed by atoms with Gasteiger partial charge in [0, 0.05) is 5.70 Å². The molecule has 0 radical (unpaired) electrons. The molecule has 0 atom stereocenters. The molecule has 0 saturated heterocycles. The molecule has 0 rings (SSSR count). The molecule has 0 heterocycles. The molecule has 0 spiro atoms. The number of carbonyl (C=O) groups excluding carboxylic acids is 1. The van der Waals surface area contributed by atoms with E-state index >= 15 is 0 Å². The number of nitrogens with two attached hydrogens (primary N) is 1. The molecule has 58 valence electrons. The Kier molecular flexibility index (Phi) is 3.49. The van der Waals surface area contributed by atoms with E-state index in [-0.39, 0.29) is 5.92 Å². The van der Waals surface area contributed by atoms with Crippen LogP contribution >= 0.6 is 0 Å². The van der Waals surface area contributed by atoms with Crippen molar-refractivity contribution in [2.45, 2.75) is 13.8 Å². The van der Waals surface area contributed by atoms with Crippen LogP contribution in [-0.2, 0) is 4.84 Å². The zero-order valence-electron chi connectivity index (χ0n) is 6.18. The van der Waals surface area contributed by atoms with Gasteiger partial charge in [-0.25, -0.2) is 4.79 Å². The molecule has 0 saturated carbocycles. The molecule has 0 aliphatic heterocycles. The van der Waals surface area contributed by atoms with Crippen molar-refractivity contribution < 1.29 is 9.63 Å². The topological polar surface area (TPSA) is 64.3 Å². The maximum atomic E-state index is 10.4. The number of hydrogen-bond donors (Lipinski definition) is 2. The largest absolute Gasteiger partial charge is 0.430 e. The van der Waals surface area contributed by atoms with Crippen LogP contribution in [-0.4, -0.2) is 6.09 Å². The molecule has 0 unspecified atom stereocenters. The monoisotopic (exact) mass is 144 g/mol. The fraction of sp³-hybridized carbons (Fsp3) is 0.500. The highest BCUT2D eigenvalue weighted by molar-refractivity contribution is 5.68. The molecule has 0 aromatic rings. The molecule has 0 aliphatic carbocycles. The number of amides is 1. The molecule has 0 aromatic carbocycles. The molecule has 3 N–H and O–H groups in total. The Labute approximate surface area is 60.0 Å². The zero-order chi connectivity index (χ0) is 8.15. The predicted octanol–water partition coefficient (Wildman–Crippen LogP) is 0.756. The van der Waals surface area contributed by atoms with Gasteiger partial charge < -0.3 is 4.84 Å². The van der Waals surface area contributed by atoms with E-state index in [1.807, 2.05) is 13.8 Å². The van der Waals surface area contributed by atoms with Crippen LogP contribution < -0.4 is 11.2 Å². The zero-order valence-corrected chi connectivity index (χ0v) is 6.18. The molecule has 4 heteroatoms. The minimum atomic E-state index is -0.682.